The number of para-hydroxylation sites is 2. The molecule has 0 atom stereocenters. The first-order valence-corrected chi connectivity index (χ1v) is 10.8. The van der Waals surface area contributed by atoms with E-state index in [0.29, 0.717) is 17.9 Å². The van der Waals surface area contributed by atoms with E-state index in [1.54, 1.807) is 26.0 Å². The van der Waals surface area contributed by atoms with E-state index in [1.807, 2.05) is 66.7 Å². The normalized spacial score (nSPS) is 10.8. The number of aromatic nitrogens is 2. The fraction of sp³-hybridized carbons (Fsp3) is 0.167. The Morgan fingerprint density at radius 3 is 2.58 bits per heavy atom. The molecule has 0 aliphatic carbocycles. The molecule has 2 N–H and O–H groups in total. The van der Waals surface area contributed by atoms with Crippen LogP contribution < -0.4 is 14.8 Å². The highest BCUT2D eigenvalue weighted by Crippen LogP contribution is 2.25. The lowest BCUT2D eigenvalue weighted by atomic mass is 10.1. The van der Waals surface area contributed by atoms with Gasteiger partial charge in [0.05, 0.1) is 25.3 Å². The first-order chi connectivity index (χ1) is 15.2. The second-order valence-electron chi connectivity index (χ2n) is 6.91. The third-order valence-electron chi connectivity index (χ3n) is 4.89. The van der Waals surface area contributed by atoms with Crippen LogP contribution in [0.3, 0.4) is 0 Å². The van der Waals surface area contributed by atoms with Gasteiger partial charge in [-0.05, 0) is 48.0 Å². The molecular formula is C24H23N3O3S. The van der Waals surface area contributed by atoms with Gasteiger partial charge in [-0.2, -0.15) is 0 Å². The third-order valence-corrected chi connectivity index (χ3v) is 5.83. The summed E-state index contributed by atoms with van der Waals surface area (Å²) >= 11 is 1.64. The van der Waals surface area contributed by atoms with E-state index in [1.165, 1.54) is 0 Å². The Balaban J connectivity index is 1.35. The highest BCUT2D eigenvalue weighted by Gasteiger charge is 2.10. The molecule has 0 saturated carbocycles. The number of hydrogen-bond donors (Lipinski definition) is 2. The molecule has 4 aromatic rings. The van der Waals surface area contributed by atoms with Crippen molar-refractivity contribution in [3.8, 4) is 11.5 Å². The van der Waals surface area contributed by atoms with Gasteiger partial charge in [-0.1, -0.05) is 36.0 Å². The zero-order chi connectivity index (χ0) is 21.6. The molecule has 0 fully saturated rings. The number of nitrogens with zero attached hydrogens (tertiary/aromatic N) is 1. The average Bonchev–Trinajstić information content (AvgIpc) is 3.24. The number of hydrogen-bond acceptors (Lipinski definition) is 5. The van der Waals surface area contributed by atoms with E-state index in [4.69, 9.17) is 9.47 Å². The Labute approximate surface area is 185 Å². The van der Waals surface area contributed by atoms with Crippen molar-refractivity contribution in [2.75, 3.05) is 14.2 Å². The number of carbonyl (C=O) groups is 1. The Morgan fingerprint density at radius 2 is 1.84 bits per heavy atom. The van der Waals surface area contributed by atoms with Crippen molar-refractivity contribution in [1.82, 2.24) is 15.3 Å². The molecule has 1 aromatic heterocycles. The van der Waals surface area contributed by atoms with Crippen LogP contribution in [0, 0.1) is 0 Å². The number of carbonyl (C=O) groups excluding carboxylic acids is 1. The van der Waals surface area contributed by atoms with E-state index in [9.17, 15) is 4.79 Å². The molecule has 0 radical (unpaired) electrons. The number of fused-ring (bicyclic) bond motifs is 1. The number of amides is 1. The van der Waals surface area contributed by atoms with Crippen molar-refractivity contribution < 1.29 is 14.3 Å². The highest BCUT2D eigenvalue weighted by molar-refractivity contribution is 7.98. The minimum absolute atomic E-state index is 0.138. The molecule has 4 rings (SSSR count). The number of rotatable bonds is 8. The molecule has 0 aliphatic rings. The molecule has 1 heterocycles. The Kier molecular flexibility index (Phi) is 6.43. The lowest BCUT2D eigenvalue weighted by Gasteiger charge is -2.11. The predicted octanol–water partition coefficient (Wildman–Crippen LogP) is 4.80. The van der Waals surface area contributed by atoms with E-state index >= 15 is 0 Å². The number of nitrogens with one attached hydrogen (secondary N) is 2. The minimum atomic E-state index is -0.138. The zero-order valence-corrected chi connectivity index (χ0v) is 18.2. The summed E-state index contributed by atoms with van der Waals surface area (Å²) in [7, 11) is 3.22. The summed E-state index contributed by atoms with van der Waals surface area (Å²) in [6, 6.07) is 21.1. The number of aromatic amines is 1. The minimum Gasteiger partial charge on any atom is -0.497 e. The summed E-state index contributed by atoms with van der Waals surface area (Å²) in [6.07, 6.45) is 0. The number of imidazole rings is 1. The van der Waals surface area contributed by atoms with Crippen LogP contribution in [-0.4, -0.2) is 30.1 Å². The van der Waals surface area contributed by atoms with E-state index in [-0.39, 0.29) is 5.91 Å². The van der Waals surface area contributed by atoms with Crippen molar-refractivity contribution in [3.63, 3.8) is 0 Å². The molecule has 0 spiro atoms. The standard InChI is InChI=1S/C24H23N3O3S/c1-29-19-11-12-22(30-2)18(13-19)14-25-23(28)17-9-7-16(8-10-17)15-31-24-26-20-5-3-4-6-21(20)27-24/h3-13H,14-15H2,1-2H3,(H,25,28)(H,26,27). The largest absolute Gasteiger partial charge is 0.497 e. The van der Waals surface area contributed by atoms with Gasteiger partial charge in [0.1, 0.15) is 11.5 Å². The van der Waals surface area contributed by atoms with Gasteiger partial charge in [-0.3, -0.25) is 4.79 Å². The lowest BCUT2D eigenvalue weighted by molar-refractivity contribution is 0.0950. The zero-order valence-electron chi connectivity index (χ0n) is 17.3. The van der Waals surface area contributed by atoms with Crippen molar-refractivity contribution in [1.29, 1.82) is 0 Å². The summed E-state index contributed by atoms with van der Waals surface area (Å²) in [5.41, 5.74) is 4.58. The van der Waals surface area contributed by atoms with Gasteiger partial charge in [0.2, 0.25) is 0 Å². The van der Waals surface area contributed by atoms with Gasteiger partial charge >= 0.3 is 0 Å². The van der Waals surface area contributed by atoms with Gasteiger partial charge in [0, 0.05) is 23.4 Å². The molecule has 0 aliphatic heterocycles. The highest BCUT2D eigenvalue weighted by atomic mass is 32.2. The smallest absolute Gasteiger partial charge is 0.251 e. The quantitative estimate of drug-likeness (QED) is 0.390. The first kappa shape index (κ1) is 20.8. The number of H-pyrrole nitrogens is 1. The van der Waals surface area contributed by atoms with Crippen LogP contribution in [-0.2, 0) is 12.3 Å². The van der Waals surface area contributed by atoms with Gasteiger partial charge in [-0.25, -0.2) is 4.98 Å². The predicted molar refractivity (Wildman–Crippen MR) is 123 cm³/mol. The number of benzene rings is 3. The maximum Gasteiger partial charge on any atom is 0.251 e. The van der Waals surface area contributed by atoms with Crippen LogP contribution >= 0.6 is 11.8 Å². The van der Waals surface area contributed by atoms with Gasteiger partial charge in [-0.15, -0.1) is 0 Å². The van der Waals surface area contributed by atoms with Gasteiger partial charge in [0.25, 0.3) is 5.91 Å². The molecule has 0 saturated heterocycles. The van der Waals surface area contributed by atoms with Crippen molar-refractivity contribution >= 4 is 28.7 Å². The first-order valence-electron chi connectivity index (χ1n) is 9.82. The van der Waals surface area contributed by atoms with Crippen LogP contribution in [0.2, 0.25) is 0 Å². The maximum atomic E-state index is 12.6. The Morgan fingerprint density at radius 1 is 1.03 bits per heavy atom. The maximum absolute atomic E-state index is 12.6. The third kappa shape index (κ3) is 5.00. The molecule has 31 heavy (non-hydrogen) atoms. The van der Waals surface area contributed by atoms with Crippen molar-refractivity contribution in [2.24, 2.45) is 0 Å². The fourth-order valence-corrected chi connectivity index (χ4v) is 4.04. The average molecular weight is 434 g/mol. The monoisotopic (exact) mass is 433 g/mol. The van der Waals surface area contributed by atoms with Crippen LogP contribution in [0.5, 0.6) is 11.5 Å². The van der Waals surface area contributed by atoms with E-state index in [2.05, 4.69) is 15.3 Å². The summed E-state index contributed by atoms with van der Waals surface area (Å²) < 4.78 is 10.6. The number of methoxy groups -OCH3 is 2. The fourth-order valence-electron chi connectivity index (χ4n) is 3.20. The lowest BCUT2D eigenvalue weighted by Crippen LogP contribution is -2.23. The van der Waals surface area contributed by atoms with Crippen molar-refractivity contribution in [3.05, 3.63) is 83.4 Å². The summed E-state index contributed by atoms with van der Waals surface area (Å²) in [5.74, 6) is 2.06. The van der Waals surface area contributed by atoms with Gasteiger partial charge < -0.3 is 19.8 Å². The van der Waals surface area contributed by atoms with Crippen LogP contribution in [0.15, 0.2) is 71.9 Å². The van der Waals surface area contributed by atoms with Crippen molar-refractivity contribution in [2.45, 2.75) is 17.5 Å². The molecule has 158 valence electrons. The second-order valence-corrected chi connectivity index (χ2v) is 7.87. The second kappa shape index (κ2) is 9.57. The topological polar surface area (TPSA) is 76.2 Å². The van der Waals surface area contributed by atoms with E-state index < -0.39 is 0 Å². The summed E-state index contributed by atoms with van der Waals surface area (Å²) in [6.45, 7) is 0.350. The van der Waals surface area contributed by atoms with Crippen LogP contribution in [0.4, 0.5) is 0 Å². The van der Waals surface area contributed by atoms with E-state index in [0.717, 1.165) is 38.8 Å². The number of thioether (sulfide) groups is 1. The molecule has 1 amide bonds. The summed E-state index contributed by atoms with van der Waals surface area (Å²) in [4.78, 5) is 20.4. The molecule has 0 unspecified atom stereocenters. The van der Waals surface area contributed by atoms with Crippen LogP contribution in [0.1, 0.15) is 21.5 Å². The molecule has 0 bridgehead atoms. The number of ether oxygens (including phenoxy) is 2. The Bertz CT molecular complexity index is 1160. The Hall–Kier alpha value is -3.45. The van der Waals surface area contributed by atoms with Gasteiger partial charge in [0.15, 0.2) is 5.16 Å². The molecule has 3 aromatic carbocycles. The molecule has 6 nitrogen and oxygen atoms in total. The molecule has 7 heteroatoms. The molecular weight excluding hydrogens is 410 g/mol. The van der Waals surface area contributed by atoms with Crippen LogP contribution in [0.25, 0.3) is 11.0 Å². The SMILES string of the molecule is COc1ccc(OC)c(CNC(=O)c2ccc(CSc3nc4ccccc4[nH]3)cc2)c1. The summed E-state index contributed by atoms with van der Waals surface area (Å²) in [5, 5.41) is 3.82.